The Morgan fingerprint density at radius 3 is 2.30 bits per heavy atom. The molecule has 2 rings (SSSR count). The van der Waals surface area contributed by atoms with Gasteiger partial charge < -0.3 is 10.4 Å². The van der Waals surface area contributed by atoms with Gasteiger partial charge in [0.25, 0.3) is 0 Å². The zero-order valence-electron chi connectivity index (χ0n) is 15.3. The van der Waals surface area contributed by atoms with E-state index < -0.39 is 6.80 Å². The lowest BCUT2D eigenvalue weighted by Crippen LogP contribution is -2.17. The van der Waals surface area contributed by atoms with Crippen molar-refractivity contribution in [1.29, 1.82) is 0 Å². The number of carbonyl (C=O) groups excluding carboxylic acids is 1. The number of carbonyl (C=O) groups is 1. The summed E-state index contributed by atoms with van der Waals surface area (Å²) in [7, 11) is 0. The van der Waals surface area contributed by atoms with E-state index in [1.54, 1.807) is 55.5 Å². The van der Waals surface area contributed by atoms with Crippen LogP contribution in [0.15, 0.2) is 59.7 Å². The average molecular weight is 406 g/mol. The van der Waals surface area contributed by atoms with Crippen molar-refractivity contribution in [3.63, 3.8) is 0 Å². The number of nitrogens with zero attached hydrogens (tertiary/aromatic N) is 1. The molecule has 1 atom stereocenters. The van der Waals surface area contributed by atoms with Crippen molar-refractivity contribution in [2.45, 2.75) is 20.3 Å². The fourth-order valence-corrected chi connectivity index (χ4v) is 5.70. The molecule has 2 aromatic carbocycles. The van der Waals surface area contributed by atoms with Crippen LogP contribution in [-0.2, 0) is 9.09 Å². The maximum Gasteiger partial charge on any atom is 0.440 e. The zero-order chi connectivity index (χ0) is 19.7. The Morgan fingerprint density at radius 1 is 1.07 bits per heavy atom. The minimum Gasteiger partial charge on any atom is -0.417 e. The van der Waals surface area contributed by atoms with Gasteiger partial charge in [-0.2, -0.15) is 5.10 Å². The number of hydrogen-bond donors (Lipinski definition) is 1. The first-order valence-corrected chi connectivity index (χ1v) is 11.7. The van der Waals surface area contributed by atoms with E-state index in [1.165, 1.54) is 11.4 Å². The molecule has 0 saturated heterocycles. The number of Topliss-reactive ketones (excluding diaryl/α,β-unsaturated/α-hetero) is 1. The minimum absolute atomic E-state index is 0.140. The lowest BCUT2D eigenvalue weighted by atomic mass is 10.0. The third-order valence-corrected chi connectivity index (χ3v) is 7.42. The highest BCUT2D eigenvalue weighted by molar-refractivity contribution is 8.55. The molecule has 0 radical (unpaired) electrons. The van der Waals surface area contributed by atoms with Crippen LogP contribution < -0.4 is 10.4 Å². The average Bonchev–Trinajstić information content (AvgIpc) is 2.69. The van der Waals surface area contributed by atoms with Crippen LogP contribution in [0.1, 0.15) is 36.2 Å². The summed E-state index contributed by atoms with van der Waals surface area (Å²) in [5.74, 6) is 6.24. The van der Waals surface area contributed by atoms with E-state index in [-0.39, 0.29) is 11.5 Å². The summed E-state index contributed by atoms with van der Waals surface area (Å²) >= 11 is 1.17. The largest absolute Gasteiger partial charge is 0.440 e. The second kappa shape index (κ2) is 10.3. The molecule has 0 fully saturated rings. The van der Waals surface area contributed by atoms with Gasteiger partial charge in [0.2, 0.25) is 5.78 Å². The van der Waals surface area contributed by atoms with Crippen molar-refractivity contribution >= 4 is 29.7 Å². The second-order valence-corrected chi connectivity index (χ2v) is 9.60. The van der Waals surface area contributed by atoms with Gasteiger partial charge in [0, 0.05) is 16.9 Å². The van der Waals surface area contributed by atoms with Crippen LogP contribution in [0.3, 0.4) is 0 Å². The number of rotatable bonds is 10. The van der Waals surface area contributed by atoms with Crippen molar-refractivity contribution in [2.75, 3.05) is 12.4 Å². The van der Waals surface area contributed by atoms with Crippen LogP contribution >= 0.6 is 18.2 Å². The van der Waals surface area contributed by atoms with Gasteiger partial charge in [-0.15, -0.1) is 0 Å². The van der Waals surface area contributed by atoms with Crippen LogP contribution in [0, 0.1) is 0 Å². The second-order valence-electron chi connectivity index (χ2n) is 5.49. The molecular weight excluding hydrogens is 383 g/mol. The maximum atomic E-state index is 12.7. The van der Waals surface area contributed by atoms with Crippen LogP contribution in [-0.4, -0.2) is 23.9 Å². The highest BCUT2D eigenvalue weighted by Gasteiger charge is 2.26. The SMILES string of the molecule is CCCSP(=O)(OCC)Oc1ccc(/C(=N\N)C(=O)c2ccccc2)cc1. The van der Waals surface area contributed by atoms with E-state index >= 15 is 0 Å². The first-order chi connectivity index (χ1) is 13.0. The van der Waals surface area contributed by atoms with Gasteiger partial charge in [-0.05, 0) is 49.0 Å². The van der Waals surface area contributed by atoms with Crippen molar-refractivity contribution < 1.29 is 18.4 Å². The Morgan fingerprint density at radius 2 is 1.74 bits per heavy atom. The van der Waals surface area contributed by atoms with Gasteiger partial charge in [0.15, 0.2) is 0 Å². The minimum atomic E-state index is -3.28. The lowest BCUT2D eigenvalue weighted by Gasteiger charge is -2.17. The summed E-state index contributed by atoms with van der Waals surface area (Å²) in [4.78, 5) is 12.6. The van der Waals surface area contributed by atoms with Crippen molar-refractivity contribution in [3.8, 4) is 5.75 Å². The lowest BCUT2D eigenvalue weighted by molar-refractivity contribution is 0.106. The highest BCUT2D eigenvalue weighted by atomic mass is 32.7. The third kappa shape index (κ3) is 5.96. The summed E-state index contributed by atoms with van der Waals surface area (Å²) in [5.41, 5.74) is 1.19. The Labute approximate surface area is 163 Å². The van der Waals surface area contributed by atoms with Crippen LogP contribution in [0.5, 0.6) is 5.75 Å². The molecule has 6 nitrogen and oxygen atoms in total. The quantitative estimate of drug-likeness (QED) is 0.198. The Hall–Kier alpha value is -2.08. The first kappa shape index (κ1) is 21.2. The van der Waals surface area contributed by atoms with Crippen LogP contribution in [0.4, 0.5) is 0 Å². The number of benzene rings is 2. The molecule has 1 unspecified atom stereocenters. The number of nitrogens with two attached hydrogens (primary N) is 1. The standard InChI is InChI=1S/C19H23N2O4PS/c1-3-14-27-26(23,24-4-2)25-17-12-10-15(11-13-17)18(21-20)19(22)16-8-6-5-7-9-16/h5-13H,3-4,14,20H2,1-2H3/b21-18+. The van der Waals surface area contributed by atoms with Gasteiger partial charge in [-0.25, -0.2) is 4.57 Å². The summed E-state index contributed by atoms with van der Waals surface area (Å²) in [6.07, 6.45) is 0.863. The summed E-state index contributed by atoms with van der Waals surface area (Å²) < 4.78 is 23.7. The van der Waals surface area contributed by atoms with Gasteiger partial charge in [0.1, 0.15) is 11.5 Å². The number of hydrazone groups is 1. The molecule has 0 saturated carbocycles. The summed E-state index contributed by atoms with van der Waals surface area (Å²) in [6.45, 7) is 0.782. The van der Waals surface area contributed by atoms with Gasteiger partial charge in [0.05, 0.1) is 6.61 Å². The topological polar surface area (TPSA) is 91.0 Å². The normalized spacial score (nSPS) is 13.8. The van der Waals surface area contributed by atoms with E-state index in [0.717, 1.165) is 6.42 Å². The molecule has 0 amide bonds. The molecule has 0 spiro atoms. The molecule has 0 aliphatic rings. The fraction of sp³-hybridized carbons (Fsp3) is 0.263. The van der Waals surface area contributed by atoms with E-state index in [2.05, 4.69) is 5.10 Å². The van der Waals surface area contributed by atoms with Crippen molar-refractivity contribution in [2.24, 2.45) is 10.9 Å². The van der Waals surface area contributed by atoms with E-state index in [4.69, 9.17) is 14.9 Å². The predicted octanol–water partition coefficient (Wildman–Crippen LogP) is 4.90. The number of hydrogen-bond acceptors (Lipinski definition) is 7. The first-order valence-electron chi connectivity index (χ1n) is 8.59. The van der Waals surface area contributed by atoms with E-state index in [1.807, 2.05) is 13.0 Å². The molecule has 27 heavy (non-hydrogen) atoms. The summed E-state index contributed by atoms with van der Waals surface area (Å²) in [6, 6.07) is 15.3. The molecule has 0 aromatic heterocycles. The van der Waals surface area contributed by atoms with Gasteiger partial charge in [-0.3, -0.25) is 9.32 Å². The number of ketones is 1. The smallest absolute Gasteiger partial charge is 0.417 e. The molecule has 2 N–H and O–H groups in total. The molecule has 0 heterocycles. The van der Waals surface area contributed by atoms with Crippen molar-refractivity contribution in [1.82, 2.24) is 0 Å². The molecule has 8 heteroatoms. The molecule has 0 aliphatic heterocycles. The van der Waals surface area contributed by atoms with Gasteiger partial charge >= 0.3 is 6.80 Å². The predicted molar refractivity (Wildman–Crippen MR) is 111 cm³/mol. The Kier molecular flexibility index (Phi) is 8.10. The van der Waals surface area contributed by atoms with E-state index in [0.29, 0.717) is 29.2 Å². The zero-order valence-corrected chi connectivity index (χ0v) is 17.0. The summed E-state index contributed by atoms with van der Waals surface area (Å²) in [5, 5.41) is 3.65. The monoisotopic (exact) mass is 406 g/mol. The Balaban J connectivity index is 2.18. The molecule has 0 aliphatic carbocycles. The fourth-order valence-electron chi connectivity index (χ4n) is 2.24. The third-order valence-electron chi connectivity index (χ3n) is 3.47. The van der Waals surface area contributed by atoms with Crippen LogP contribution in [0.25, 0.3) is 0 Å². The molecule has 0 bridgehead atoms. The molecular formula is C19H23N2O4PS. The van der Waals surface area contributed by atoms with E-state index in [9.17, 15) is 9.36 Å². The highest BCUT2D eigenvalue weighted by Crippen LogP contribution is 2.60. The van der Waals surface area contributed by atoms with Crippen molar-refractivity contribution in [3.05, 3.63) is 65.7 Å². The Bertz CT molecular complexity index is 825. The maximum absolute atomic E-state index is 12.7. The molecule has 144 valence electrons. The van der Waals surface area contributed by atoms with Crippen LogP contribution in [0.2, 0.25) is 0 Å². The van der Waals surface area contributed by atoms with Gasteiger partial charge in [-0.1, -0.05) is 37.3 Å². The molecule has 2 aromatic rings.